The lowest BCUT2D eigenvalue weighted by atomic mass is 10.1. The summed E-state index contributed by atoms with van der Waals surface area (Å²) in [6, 6.07) is 23.0. The molecule has 0 aliphatic rings. The van der Waals surface area contributed by atoms with Crippen LogP contribution in [0.15, 0.2) is 88.2 Å². The molecular weight excluding hydrogens is 432 g/mol. The first kappa shape index (κ1) is 19.5. The number of benzene rings is 3. The van der Waals surface area contributed by atoms with Crippen molar-refractivity contribution in [3.63, 3.8) is 0 Å². The highest BCUT2D eigenvalue weighted by atomic mass is 32.2. The zero-order chi connectivity index (χ0) is 21.4. The summed E-state index contributed by atoms with van der Waals surface area (Å²) in [5, 5.41) is 5.29. The van der Waals surface area contributed by atoms with E-state index in [0.717, 1.165) is 21.0 Å². The smallest absolute Gasteiger partial charge is 0.293 e. The Morgan fingerprint density at radius 3 is 2.55 bits per heavy atom. The SMILES string of the molecule is O=C(Nc1nc2c(ccc3ccccc32)s1)c1ccc(CS(=O)(=O)c2ccccc2)o1. The predicted molar refractivity (Wildman–Crippen MR) is 121 cm³/mol. The number of hydrogen-bond donors (Lipinski definition) is 1. The van der Waals surface area contributed by atoms with Gasteiger partial charge in [-0.15, -0.1) is 0 Å². The molecule has 0 fully saturated rings. The summed E-state index contributed by atoms with van der Waals surface area (Å²) in [6.07, 6.45) is 0. The molecule has 0 spiro atoms. The monoisotopic (exact) mass is 448 g/mol. The number of carbonyl (C=O) groups is 1. The quantitative estimate of drug-likeness (QED) is 0.396. The fourth-order valence-electron chi connectivity index (χ4n) is 3.35. The molecule has 1 N–H and O–H groups in total. The minimum absolute atomic E-state index is 0.0300. The maximum Gasteiger partial charge on any atom is 0.293 e. The van der Waals surface area contributed by atoms with E-state index in [9.17, 15) is 13.2 Å². The molecule has 0 radical (unpaired) electrons. The minimum atomic E-state index is -3.56. The molecule has 0 aliphatic heterocycles. The van der Waals surface area contributed by atoms with Crippen molar-refractivity contribution >= 4 is 53.2 Å². The molecule has 0 saturated heterocycles. The first-order valence-corrected chi connectivity index (χ1v) is 11.9. The fourth-order valence-corrected chi connectivity index (χ4v) is 5.49. The number of rotatable bonds is 5. The Kier molecular flexibility index (Phi) is 4.80. The Hall–Kier alpha value is -3.49. The molecule has 5 rings (SSSR count). The van der Waals surface area contributed by atoms with E-state index in [4.69, 9.17) is 4.42 Å². The van der Waals surface area contributed by atoms with Gasteiger partial charge in [0.05, 0.1) is 15.1 Å². The molecule has 5 aromatic rings. The lowest BCUT2D eigenvalue weighted by Crippen LogP contribution is -2.10. The standard InChI is InChI=1S/C23H16N2O4S2/c26-22(19-12-11-16(29-19)14-31(27,28)17-7-2-1-3-8-17)25-23-24-21-18-9-5-4-6-15(18)10-13-20(21)30-23/h1-13H,14H2,(H,24,25,26). The van der Waals surface area contributed by atoms with Crippen LogP contribution in [0, 0.1) is 0 Å². The number of amides is 1. The van der Waals surface area contributed by atoms with Crippen LogP contribution in [0.4, 0.5) is 5.13 Å². The van der Waals surface area contributed by atoms with E-state index in [1.165, 1.54) is 35.6 Å². The number of anilines is 1. The summed E-state index contributed by atoms with van der Waals surface area (Å²) in [5.74, 6) is -0.573. The van der Waals surface area contributed by atoms with Gasteiger partial charge >= 0.3 is 0 Å². The van der Waals surface area contributed by atoms with Crippen LogP contribution in [0.3, 0.4) is 0 Å². The van der Waals surface area contributed by atoms with E-state index >= 15 is 0 Å². The highest BCUT2D eigenvalue weighted by Crippen LogP contribution is 2.32. The second kappa shape index (κ2) is 7.64. The van der Waals surface area contributed by atoms with Crippen molar-refractivity contribution in [2.75, 3.05) is 5.32 Å². The van der Waals surface area contributed by atoms with Gasteiger partial charge in [0.25, 0.3) is 5.91 Å². The first-order valence-electron chi connectivity index (χ1n) is 9.46. The van der Waals surface area contributed by atoms with Gasteiger partial charge in [0.2, 0.25) is 0 Å². The van der Waals surface area contributed by atoms with E-state index < -0.39 is 15.7 Å². The van der Waals surface area contributed by atoms with Crippen molar-refractivity contribution in [3.05, 3.63) is 90.4 Å². The van der Waals surface area contributed by atoms with Crippen molar-refractivity contribution in [2.45, 2.75) is 10.6 Å². The third kappa shape index (κ3) is 3.83. The second-order valence-electron chi connectivity index (χ2n) is 6.94. The van der Waals surface area contributed by atoms with Crippen molar-refractivity contribution in [1.82, 2.24) is 4.98 Å². The van der Waals surface area contributed by atoms with E-state index in [2.05, 4.69) is 10.3 Å². The van der Waals surface area contributed by atoms with Gasteiger partial charge in [-0.1, -0.05) is 59.9 Å². The Balaban J connectivity index is 1.36. The van der Waals surface area contributed by atoms with Gasteiger partial charge in [-0.2, -0.15) is 0 Å². The lowest BCUT2D eigenvalue weighted by Gasteiger charge is -2.02. The third-order valence-corrected chi connectivity index (χ3v) is 7.42. The number of hydrogen-bond acceptors (Lipinski definition) is 6. The second-order valence-corrected chi connectivity index (χ2v) is 9.96. The largest absolute Gasteiger partial charge is 0.455 e. The minimum Gasteiger partial charge on any atom is -0.455 e. The van der Waals surface area contributed by atoms with Crippen molar-refractivity contribution in [2.24, 2.45) is 0 Å². The molecule has 0 bridgehead atoms. The highest BCUT2D eigenvalue weighted by Gasteiger charge is 2.20. The summed E-state index contributed by atoms with van der Waals surface area (Å²) in [5.41, 5.74) is 0.826. The van der Waals surface area contributed by atoms with Crippen LogP contribution in [-0.4, -0.2) is 19.3 Å². The topological polar surface area (TPSA) is 89.3 Å². The van der Waals surface area contributed by atoms with Crippen molar-refractivity contribution < 1.29 is 17.6 Å². The lowest BCUT2D eigenvalue weighted by molar-refractivity contribution is 0.0995. The molecule has 1 amide bonds. The van der Waals surface area contributed by atoms with Gasteiger partial charge in [0.15, 0.2) is 20.7 Å². The molecule has 0 atom stereocenters. The van der Waals surface area contributed by atoms with E-state index in [1.807, 2.05) is 36.4 Å². The predicted octanol–water partition coefficient (Wildman–Crippen LogP) is 5.27. The molecule has 154 valence electrons. The summed E-state index contributed by atoms with van der Waals surface area (Å²) in [4.78, 5) is 17.4. The molecule has 3 aromatic carbocycles. The van der Waals surface area contributed by atoms with Gasteiger partial charge in [-0.25, -0.2) is 13.4 Å². The van der Waals surface area contributed by atoms with Crippen LogP contribution in [0.1, 0.15) is 16.3 Å². The number of nitrogens with one attached hydrogen (secondary N) is 1. The number of nitrogens with zero attached hydrogens (tertiary/aromatic N) is 1. The van der Waals surface area contributed by atoms with Crippen LogP contribution in [0.5, 0.6) is 0 Å². The number of sulfone groups is 1. The molecule has 8 heteroatoms. The number of fused-ring (bicyclic) bond motifs is 3. The molecule has 2 heterocycles. The highest BCUT2D eigenvalue weighted by molar-refractivity contribution is 7.90. The summed E-state index contributed by atoms with van der Waals surface area (Å²) < 4.78 is 31.5. The number of furan rings is 1. The average Bonchev–Trinajstić information content (AvgIpc) is 3.41. The third-order valence-electron chi connectivity index (χ3n) is 4.82. The van der Waals surface area contributed by atoms with E-state index in [0.29, 0.717) is 5.13 Å². The van der Waals surface area contributed by atoms with Gasteiger partial charge < -0.3 is 4.42 Å². The van der Waals surface area contributed by atoms with Crippen molar-refractivity contribution in [3.8, 4) is 0 Å². The number of aromatic nitrogens is 1. The Labute approximate surface area is 182 Å². The maximum atomic E-state index is 12.6. The fraction of sp³-hybridized carbons (Fsp3) is 0.0435. The Morgan fingerprint density at radius 2 is 1.71 bits per heavy atom. The maximum absolute atomic E-state index is 12.6. The van der Waals surface area contributed by atoms with Gasteiger partial charge in [0.1, 0.15) is 11.5 Å². The van der Waals surface area contributed by atoms with Crippen LogP contribution in [-0.2, 0) is 15.6 Å². The Bertz CT molecular complexity index is 1520. The molecule has 2 aromatic heterocycles. The summed E-state index contributed by atoms with van der Waals surface area (Å²) in [6.45, 7) is 0. The van der Waals surface area contributed by atoms with Crippen LogP contribution in [0.25, 0.3) is 21.0 Å². The molecule has 0 aliphatic carbocycles. The van der Waals surface area contributed by atoms with Crippen LogP contribution in [0.2, 0.25) is 0 Å². The molecular formula is C23H16N2O4S2. The molecule has 0 unspecified atom stereocenters. The summed E-state index contributed by atoms with van der Waals surface area (Å²) in [7, 11) is -3.56. The number of thiazole rings is 1. The Morgan fingerprint density at radius 1 is 0.935 bits per heavy atom. The van der Waals surface area contributed by atoms with Crippen LogP contribution >= 0.6 is 11.3 Å². The van der Waals surface area contributed by atoms with Crippen molar-refractivity contribution in [1.29, 1.82) is 0 Å². The normalized spacial score (nSPS) is 11.7. The van der Waals surface area contributed by atoms with E-state index in [-0.39, 0.29) is 22.2 Å². The average molecular weight is 449 g/mol. The number of carbonyl (C=O) groups excluding carboxylic acids is 1. The zero-order valence-electron chi connectivity index (χ0n) is 16.1. The van der Waals surface area contributed by atoms with Gasteiger partial charge in [-0.3, -0.25) is 10.1 Å². The van der Waals surface area contributed by atoms with Crippen LogP contribution < -0.4 is 5.32 Å². The van der Waals surface area contributed by atoms with Gasteiger partial charge in [-0.05, 0) is 35.7 Å². The first-order chi connectivity index (χ1) is 15.0. The molecule has 6 nitrogen and oxygen atoms in total. The molecule has 0 saturated carbocycles. The molecule has 31 heavy (non-hydrogen) atoms. The van der Waals surface area contributed by atoms with E-state index in [1.54, 1.807) is 18.2 Å². The summed E-state index contributed by atoms with van der Waals surface area (Å²) >= 11 is 1.37. The van der Waals surface area contributed by atoms with Gasteiger partial charge in [0, 0.05) is 5.39 Å². The zero-order valence-corrected chi connectivity index (χ0v) is 17.7.